The highest BCUT2D eigenvalue weighted by Crippen LogP contribution is 2.40. The van der Waals surface area contributed by atoms with E-state index in [-0.39, 0.29) is 31.1 Å². The van der Waals surface area contributed by atoms with Crippen molar-refractivity contribution in [2.24, 2.45) is 0 Å². The topological polar surface area (TPSA) is 92.2 Å². The average molecular weight is 442 g/mol. The molecule has 32 heavy (non-hydrogen) atoms. The number of ether oxygens (including phenoxy) is 2. The number of aliphatic hydroxyl groups is 1. The number of benzene rings is 1. The molecule has 2 aliphatic heterocycles. The van der Waals surface area contributed by atoms with Crippen LogP contribution in [0.2, 0.25) is 0 Å². The second-order valence-electron chi connectivity index (χ2n) is 9.18. The Balaban J connectivity index is 1.36. The summed E-state index contributed by atoms with van der Waals surface area (Å²) in [6.07, 6.45) is 3.58. The number of carbonyl (C=O) groups is 2. The van der Waals surface area contributed by atoms with E-state index in [2.05, 4.69) is 4.98 Å². The molecule has 8 nitrogen and oxygen atoms in total. The molecule has 0 saturated carbocycles. The Morgan fingerprint density at radius 3 is 2.72 bits per heavy atom. The summed E-state index contributed by atoms with van der Waals surface area (Å²) >= 11 is 0. The molecule has 1 aromatic carbocycles. The Morgan fingerprint density at radius 1 is 1.28 bits per heavy atom. The van der Waals surface area contributed by atoms with Gasteiger partial charge < -0.3 is 24.4 Å². The molecule has 0 bridgehead atoms. The predicted molar refractivity (Wildman–Crippen MR) is 119 cm³/mol. The molecule has 8 heteroatoms. The van der Waals surface area contributed by atoms with Crippen LogP contribution in [0.5, 0.6) is 5.75 Å². The third-order valence-corrected chi connectivity index (χ3v) is 6.89. The van der Waals surface area contributed by atoms with Gasteiger partial charge >= 0.3 is 0 Å². The van der Waals surface area contributed by atoms with Gasteiger partial charge in [-0.25, -0.2) is 0 Å². The molecule has 172 valence electrons. The first kappa shape index (κ1) is 22.5. The molecular weight excluding hydrogens is 410 g/mol. The summed E-state index contributed by atoms with van der Waals surface area (Å²) in [5.41, 5.74) is -0.795. The van der Waals surface area contributed by atoms with Crippen LogP contribution in [-0.4, -0.2) is 82.3 Å². The quantitative estimate of drug-likeness (QED) is 0.780. The number of rotatable bonds is 4. The molecule has 0 unspecified atom stereocenters. The normalized spacial score (nSPS) is 25.0. The summed E-state index contributed by atoms with van der Waals surface area (Å²) in [5, 5.41) is 11.7. The third-order valence-electron chi connectivity index (χ3n) is 6.89. The number of hydrogen-bond donors (Lipinski definition) is 1. The number of hydrogen-bond acceptors (Lipinski definition) is 6. The standard InChI is InChI=1S/C24H31N3O5/c1-17(28)26(3)20-14-24(32-16-23(20,2)30)9-12-27(13-10-24)21(29)15-31-19-8-4-6-18-7-5-11-25-22(18)19/h4-8,11,20,30H,9-10,12-16H2,1-3H3/t20-,23-/m0/s1. The highest BCUT2D eigenvalue weighted by Gasteiger charge is 2.50. The second-order valence-corrected chi connectivity index (χ2v) is 9.18. The van der Waals surface area contributed by atoms with Gasteiger partial charge in [-0.15, -0.1) is 0 Å². The van der Waals surface area contributed by atoms with Gasteiger partial charge in [-0.3, -0.25) is 14.6 Å². The maximum absolute atomic E-state index is 12.8. The van der Waals surface area contributed by atoms with Crippen LogP contribution in [0.15, 0.2) is 36.5 Å². The Kier molecular flexibility index (Phi) is 6.09. The van der Waals surface area contributed by atoms with Crippen molar-refractivity contribution in [3.63, 3.8) is 0 Å². The fourth-order valence-electron chi connectivity index (χ4n) is 4.74. The van der Waals surface area contributed by atoms with Crippen molar-refractivity contribution in [3.05, 3.63) is 36.5 Å². The number of likely N-dealkylation sites (tertiary alicyclic amines) is 1. The molecule has 0 aliphatic carbocycles. The van der Waals surface area contributed by atoms with Crippen molar-refractivity contribution in [1.82, 2.24) is 14.8 Å². The van der Waals surface area contributed by atoms with E-state index in [0.717, 1.165) is 10.9 Å². The highest BCUT2D eigenvalue weighted by molar-refractivity contribution is 5.85. The first-order valence-corrected chi connectivity index (χ1v) is 11.0. The smallest absolute Gasteiger partial charge is 0.260 e. The SMILES string of the molecule is CC(=O)N(C)[C@H]1CC2(CCN(C(=O)COc3cccc4cccnc34)CC2)OC[C@]1(C)O. The number of amides is 2. The zero-order valence-electron chi connectivity index (χ0n) is 18.9. The Hall–Kier alpha value is -2.71. The van der Waals surface area contributed by atoms with E-state index in [4.69, 9.17) is 9.47 Å². The molecule has 2 amide bonds. The second kappa shape index (κ2) is 8.67. The number of fused-ring (bicyclic) bond motifs is 1. The van der Waals surface area contributed by atoms with Gasteiger partial charge in [-0.1, -0.05) is 18.2 Å². The van der Waals surface area contributed by atoms with Crippen molar-refractivity contribution >= 4 is 22.7 Å². The fourth-order valence-corrected chi connectivity index (χ4v) is 4.74. The Labute approximate surface area is 188 Å². The Morgan fingerprint density at radius 2 is 2.00 bits per heavy atom. The average Bonchev–Trinajstić information content (AvgIpc) is 2.79. The molecule has 4 rings (SSSR count). The number of piperidine rings is 1. The van der Waals surface area contributed by atoms with Crippen LogP contribution in [-0.2, 0) is 14.3 Å². The lowest BCUT2D eigenvalue weighted by Crippen LogP contribution is -2.64. The molecule has 1 spiro atoms. The molecule has 2 aromatic rings. The number of pyridine rings is 1. The molecule has 3 heterocycles. The van der Waals surface area contributed by atoms with Gasteiger partial charge in [-0.2, -0.15) is 0 Å². The first-order chi connectivity index (χ1) is 15.2. The molecule has 1 aromatic heterocycles. The summed E-state index contributed by atoms with van der Waals surface area (Å²) in [6, 6.07) is 9.17. The minimum Gasteiger partial charge on any atom is -0.481 e. The van der Waals surface area contributed by atoms with Crippen molar-refractivity contribution in [2.75, 3.05) is 33.4 Å². The number of nitrogens with zero attached hydrogens (tertiary/aromatic N) is 3. The van der Waals surface area contributed by atoms with Crippen LogP contribution in [0.4, 0.5) is 0 Å². The van der Waals surface area contributed by atoms with E-state index in [1.807, 2.05) is 30.3 Å². The summed E-state index contributed by atoms with van der Waals surface area (Å²) in [7, 11) is 1.72. The molecule has 0 radical (unpaired) electrons. The van der Waals surface area contributed by atoms with Gasteiger partial charge in [0.2, 0.25) is 5.91 Å². The zero-order chi connectivity index (χ0) is 22.9. The van der Waals surface area contributed by atoms with Crippen LogP contribution < -0.4 is 4.74 Å². The zero-order valence-corrected chi connectivity index (χ0v) is 18.9. The van der Waals surface area contributed by atoms with Crippen molar-refractivity contribution in [2.45, 2.75) is 50.4 Å². The minimum atomic E-state index is -1.10. The van der Waals surface area contributed by atoms with Crippen molar-refractivity contribution in [1.29, 1.82) is 0 Å². The van der Waals surface area contributed by atoms with Crippen molar-refractivity contribution in [3.8, 4) is 5.75 Å². The van der Waals surface area contributed by atoms with E-state index in [1.54, 1.807) is 30.0 Å². The van der Waals surface area contributed by atoms with E-state index >= 15 is 0 Å². The molecule has 2 saturated heterocycles. The van der Waals surface area contributed by atoms with E-state index < -0.39 is 11.2 Å². The summed E-state index contributed by atoms with van der Waals surface area (Å²) < 4.78 is 11.9. The molecule has 2 aliphatic rings. The largest absolute Gasteiger partial charge is 0.481 e. The Bertz CT molecular complexity index is 995. The first-order valence-electron chi connectivity index (χ1n) is 11.0. The van der Waals surface area contributed by atoms with Gasteiger partial charge in [0.05, 0.1) is 18.2 Å². The lowest BCUT2D eigenvalue weighted by atomic mass is 9.77. The highest BCUT2D eigenvalue weighted by atomic mass is 16.5. The fraction of sp³-hybridized carbons (Fsp3) is 0.542. The maximum Gasteiger partial charge on any atom is 0.260 e. The number of likely N-dealkylation sites (N-methyl/N-ethyl adjacent to an activating group) is 1. The lowest BCUT2D eigenvalue weighted by Gasteiger charge is -2.52. The monoisotopic (exact) mass is 441 g/mol. The summed E-state index contributed by atoms with van der Waals surface area (Å²) in [4.78, 5) is 32.5. The van der Waals surface area contributed by atoms with Gasteiger partial charge in [0.15, 0.2) is 6.61 Å². The van der Waals surface area contributed by atoms with Crippen LogP contribution >= 0.6 is 0 Å². The van der Waals surface area contributed by atoms with Crippen LogP contribution in [0, 0.1) is 0 Å². The van der Waals surface area contributed by atoms with Gasteiger partial charge in [-0.05, 0) is 38.3 Å². The third kappa shape index (κ3) is 4.42. The minimum absolute atomic E-state index is 0.0477. The van der Waals surface area contributed by atoms with Gasteiger partial charge in [0.1, 0.15) is 16.9 Å². The van der Waals surface area contributed by atoms with Crippen molar-refractivity contribution < 1.29 is 24.2 Å². The molecule has 2 fully saturated rings. The number of para-hydroxylation sites is 1. The molecular formula is C24H31N3O5. The number of carbonyl (C=O) groups excluding carboxylic acids is 2. The summed E-state index contributed by atoms with van der Waals surface area (Å²) in [5.74, 6) is 0.436. The van der Waals surface area contributed by atoms with Crippen LogP contribution in [0.1, 0.15) is 33.1 Å². The van der Waals surface area contributed by atoms with E-state index in [9.17, 15) is 14.7 Å². The summed E-state index contributed by atoms with van der Waals surface area (Å²) in [6.45, 7) is 4.44. The molecule has 2 atom stereocenters. The number of aromatic nitrogens is 1. The van der Waals surface area contributed by atoms with E-state index in [1.165, 1.54) is 6.92 Å². The predicted octanol–water partition coefficient (Wildman–Crippen LogP) is 1.99. The lowest BCUT2D eigenvalue weighted by molar-refractivity contribution is -0.209. The van der Waals surface area contributed by atoms with Gasteiger partial charge in [0.25, 0.3) is 5.91 Å². The van der Waals surface area contributed by atoms with Gasteiger partial charge in [0, 0.05) is 38.6 Å². The molecule has 1 N–H and O–H groups in total. The van der Waals surface area contributed by atoms with Crippen LogP contribution in [0.25, 0.3) is 10.9 Å². The van der Waals surface area contributed by atoms with Crippen LogP contribution in [0.3, 0.4) is 0 Å². The van der Waals surface area contributed by atoms with E-state index in [0.29, 0.717) is 38.1 Å². The maximum atomic E-state index is 12.8.